The van der Waals surface area contributed by atoms with Gasteiger partial charge in [0.05, 0.1) is 5.69 Å². The van der Waals surface area contributed by atoms with Crippen LogP contribution in [0.5, 0.6) is 0 Å². The summed E-state index contributed by atoms with van der Waals surface area (Å²) in [6, 6.07) is 4.69. The summed E-state index contributed by atoms with van der Waals surface area (Å²) >= 11 is 5.09. The number of nitrogens with one attached hydrogen (secondary N) is 1. The van der Waals surface area contributed by atoms with Gasteiger partial charge in [-0.1, -0.05) is 36.7 Å². The van der Waals surface area contributed by atoms with Gasteiger partial charge in [-0.2, -0.15) is 0 Å². The summed E-state index contributed by atoms with van der Waals surface area (Å²) in [5, 5.41) is 4.03. The van der Waals surface area contributed by atoms with Crippen LogP contribution in [-0.2, 0) is 12.0 Å². The Bertz CT molecular complexity index is 617. The van der Waals surface area contributed by atoms with Gasteiger partial charge in [0, 0.05) is 26.9 Å². The Morgan fingerprint density at radius 1 is 1.35 bits per heavy atom. The van der Waals surface area contributed by atoms with E-state index in [9.17, 15) is 4.39 Å². The van der Waals surface area contributed by atoms with Crippen molar-refractivity contribution in [2.45, 2.75) is 32.7 Å². The molecule has 1 heterocycles. The van der Waals surface area contributed by atoms with E-state index in [-0.39, 0.29) is 11.2 Å². The number of benzene rings is 1. The van der Waals surface area contributed by atoms with Crippen LogP contribution in [0.4, 0.5) is 4.39 Å². The molecule has 0 spiro atoms. The summed E-state index contributed by atoms with van der Waals surface area (Å²) in [6.45, 7) is 7.21. The molecule has 0 bridgehead atoms. The maximum absolute atomic E-state index is 13.5. The van der Waals surface area contributed by atoms with Crippen LogP contribution in [0.3, 0.4) is 0 Å². The fourth-order valence-corrected chi connectivity index (χ4v) is 3.87. The van der Waals surface area contributed by atoms with Gasteiger partial charge in [-0.3, -0.25) is 0 Å². The van der Waals surface area contributed by atoms with Gasteiger partial charge in [0.2, 0.25) is 0 Å². The minimum absolute atomic E-state index is 0.0270. The molecule has 0 amide bonds. The van der Waals surface area contributed by atoms with Crippen LogP contribution in [0.2, 0.25) is 0 Å². The van der Waals surface area contributed by atoms with Gasteiger partial charge in [-0.05, 0) is 25.2 Å². The molecule has 2 nitrogen and oxygen atoms in total. The second-order valence-electron chi connectivity index (χ2n) is 5.70. The van der Waals surface area contributed by atoms with E-state index < -0.39 is 0 Å². The monoisotopic (exact) mass is 356 g/mol. The molecule has 0 atom stereocenters. The SMILES string of the molecule is CNCc1sc(-c2cc(F)ccc2Br)nc1C(C)(C)C. The summed E-state index contributed by atoms with van der Waals surface area (Å²) in [4.78, 5) is 5.95. The van der Waals surface area contributed by atoms with E-state index in [1.807, 2.05) is 7.05 Å². The Hall–Kier alpha value is -0.780. The third kappa shape index (κ3) is 3.27. The maximum atomic E-state index is 13.5. The lowest BCUT2D eigenvalue weighted by atomic mass is 9.91. The minimum atomic E-state index is -0.245. The number of nitrogens with zero attached hydrogens (tertiary/aromatic N) is 1. The average molecular weight is 357 g/mol. The summed E-state index contributed by atoms with van der Waals surface area (Å²) in [5.74, 6) is -0.245. The van der Waals surface area contributed by atoms with Gasteiger partial charge in [-0.15, -0.1) is 11.3 Å². The number of hydrogen-bond donors (Lipinski definition) is 1. The zero-order valence-electron chi connectivity index (χ0n) is 12.1. The van der Waals surface area contributed by atoms with Crippen LogP contribution in [0.1, 0.15) is 31.3 Å². The van der Waals surface area contributed by atoms with Crippen molar-refractivity contribution in [3.8, 4) is 10.6 Å². The van der Waals surface area contributed by atoms with Crippen LogP contribution >= 0.6 is 27.3 Å². The first-order valence-corrected chi connectivity index (χ1v) is 8.04. The lowest BCUT2D eigenvalue weighted by Gasteiger charge is -2.17. The molecule has 0 fully saturated rings. The summed E-state index contributed by atoms with van der Waals surface area (Å²) in [5.41, 5.74) is 1.85. The lowest BCUT2D eigenvalue weighted by Crippen LogP contribution is -2.16. The minimum Gasteiger partial charge on any atom is -0.315 e. The molecule has 2 aromatic rings. The van der Waals surface area contributed by atoms with Crippen molar-refractivity contribution < 1.29 is 4.39 Å². The number of aromatic nitrogens is 1. The molecular formula is C15H18BrFN2S. The Morgan fingerprint density at radius 2 is 2.05 bits per heavy atom. The van der Waals surface area contributed by atoms with Gasteiger partial charge in [0.15, 0.2) is 0 Å². The number of hydrogen-bond acceptors (Lipinski definition) is 3. The molecule has 0 saturated carbocycles. The van der Waals surface area contributed by atoms with Crippen molar-refractivity contribution in [2.75, 3.05) is 7.05 Å². The van der Waals surface area contributed by atoms with E-state index >= 15 is 0 Å². The van der Waals surface area contributed by atoms with Crippen molar-refractivity contribution in [1.29, 1.82) is 0 Å². The van der Waals surface area contributed by atoms with Gasteiger partial charge >= 0.3 is 0 Å². The second kappa shape index (κ2) is 5.92. The fraction of sp³-hybridized carbons (Fsp3) is 0.400. The molecule has 1 aromatic heterocycles. The Labute approximate surface area is 131 Å². The van der Waals surface area contributed by atoms with Crippen LogP contribution < -0.4 is 5.32 Å². The van der Waals surface area contributed by atoms with Crippen molar-refractivity contribution in [1.82, 2.24) is 10.3 Å². The van der Waals surface area contributed by atoms with Crippen LogP contribution in [0.25, 0.3) is 10.6 Å². The first-order valence-electron chi connectivity index (χ1n) is 6.43. The zero-order chi connectivity index (χ0) is 14.9. The van der Waals surface area contributed by atoms with Crippen LogP contribution in [0, 0.1) is 5.82 Å². The molecule has 0 unspecified atom stereocenters. The molecule has 1 N–H and O–H groups in total. The van der Waals surface area contributed by atoms with E-state index in [1.165, 1.54) is 17.0 Å². The number of halogens is 2. The summed E-state index contributed by atoms with van der Waals surface area (Å²) in [7, 11) is 1.92. The predicted molar refractivity (Wildman–Crippen MR) is 86.7 cm³/mol. The first-order chi connectivity index (χ1) is 9.32. The molecule has 2 rings (SSSR count). The quantitative estimate of drug-likeness (QED) is 0.859. The van der Waals surface area contributed by atoms with Crippen molar-refractivity contribution in [3.05, 3.63) is 39.1 Å². The molecule has 0 radical (unpaired) electrons. The molecule has 0 aliphatic carbocycles. The third-order valence-corrected chi connectivity index (χ3v) is 4.68. The normalized spacial score (nSPS) is 11.9. The zero-order valence-corrected chi connectivity index (χ0v) is 14.5. The van der Waals surface area contributed by atoms with E-state index in [2.05, 4.69) is 42.0 Å². The van der Waals surface area contributed by atoms with Crippen molar-refractivity contribution >= 4 is 27.3 Å². The molecule has 0 saturated heterocycles. The second-order valence-corrected chi connectivity index (χ2v) is 7.63. The molecule has 0 aliphatic heterocycles. The first kappa shape index (κ1) is 15.6. The highest BCUT2D eigenvalue weighted by molar-refractivity contribution is 9.10. The average Bonchev–Trinajstić information content (AvgIpc) is 2.76. The predicted octanol–water partition coefficient (Wildman–Crippen LogP) is 4.73. The summed E-state index contributed by atoms with van der Waals surface area (Å²) < 4.78 is 14.3. The van der Waals surface area contributed by atoms with Crippen molar-refractivity contribution in [2.24, 2.45) is 0 Å². The topological polar surface area (TPSA) is 24.9 Å². The van der Waals surface area contributed by atoms with Gasteiger partial charge in [0.1, 0.15) is 10.8 Å². The lowest BCUT2D eigenvalue weighted by molar-refractivity contribution is 0.563. The molecule has 5 heteroatoms. The fourth-order valence-electron chi connectivity index (χ4n) is 1.99. The highest BCUT2D eigenvalue weighted by Crippen LogP contribution is 2.37. The highest BCUT2D eigenvalue weighted by Gasteiger charge is 2.24. The molecule has 20 heavy (non-hydrogen) atoms. The van der Waals surface area contributed by atoms with Gasteiger partial charge in [-0.25, -0.2) is 9.37 Å². The smallest absolute Gasteiger partial charge is 0.125 e. The molecule has 108 valence electrons. The molecular weight excluding hydrogens is 339 g/mol. The van der Waals surface area contributed by atoms with Crippen LogP contribution in [0.15, 0.2) is 22.7 Å². The van der Waals surface area contributed by atoms with E-state index in [0.717, 1.165) is 27.3 Å². The largest absolute Gasteiger partial charge is 0.315 e. The van der Waals surface area contributed by atoms with Crippen LogP contribution in [-0.4, -0.2) is 12.0 Å². The highest BCUT2D eigenvalue weighted by atomic mass is 79.9. The molecule has 0 aliphatic rings. The maximum Gasteiger partial charge on any atom is 0.125 e. The standard InChI is InChI=1S/C15H18BrFN2S/c1-15(2,3)13-12(8-18-4)20-14(19-13)10-7-9(17)5-6-11(10)16/h5-7,18H,8H2,1-4H3. The number of rotatable bonds is 3. The van der Waals surface area contributed by atoms with E-state index in [4.69, 9.17) is 4.98 Å². The Morgan fingerprint density at radius 3 is 2.65 bits per heavy atom. The third-order valence-electron chi connectivity index (χ3n) is 2.90. The van der Waals surface area contributed by atoms with Gasteiger partial charge in [0.25, 0.3) is 0 Å². The van der Waals surface area contributed by atoms with Crippen molar-refractivity contribution in [3.63, 3.8) is 0 Å². The van der Waals surface area contributed by atoms with Gasteiger partial charge < -0.3 is 5.32 Å². The Balaban J connectivity index is 2.55. The Kier molecular flexibility index (Phi) is 4.62. The molecule has 1 aromatic carbocycles. The summed E-state index contributed by atoms with van der Waals surface area (Å²) in [6.07, 6.45) is 0. The van der Waals surface area contributed by atoms with E-state index in [1.54, 1.807) is 17.4 Å². The number of thiazole rings is 1. The van der Waals surface area contributed by atoms with E-state index in [0.29, 0.717) is 0 Å².